The maximum Gasteiger partial charge on any atom is 0.354 e. The number of fused-ring (bicyclic) bond motifs is 1. The normalized spacial score (nSPS) is 12.5. The number of rotatable bonds is 22. The minimum atomic E-state index is -1.20. The maximum atomic E-state index is 12.7. The summed E-state index contributed by atoms with van der Waals surface area (Å²) >= 11 is 33.6. The third-order valence-corrected chi connectivity index (χ3v) is 20.0. The Morgan fingerprint density at radius 1 is 0.421 bits per heavy atom. The number of aryl methyl sites for hydroxylation is 4. The van der Waals surface area contributed by atoms with Crippen molar-refractivity contribution in [1.29, 1.82) is 0 Å². The average Bonchev–Trinajstić information content (AvgIpc) is 1.59. The molecule has 2 N–H and O–H groups in total. The SMILES string of the molecule is COC(=O)[C@@H](OC(C)(C)C)c1c(C)nc(C(=O)C=[N+]=[N-])c(C)c1-c1ccc(Cl)cc1.COC(=O)[C@@H](OC(C)(C)C)c1c(C)nc(C(=O)CBr)c(C)c1-c1ccc(Cl)cc1.COC(=O)[C@@H](OC(C)(C)C)c1c(C)nc(C(=O)O)c(C)c1-c1ccc(Cl)cc1.Cc1nc(-c2cn3cc(Cl)ccc3n2)c(C)c(-c2ccc(Cl)cc2)c1[C@H](OC(C)(C)C)C(=O)O. The van der Waals surface area contributed by atoms with Gasteiger partial charge in [-0.05, 0) is 266 Å². The third kappa shape index (κ3) is 25.1. The van der Waals surface area contributed by atoms with E-state index in [1.165, 1.54) is 21.3 Å². The van der Waals surface area contributed by atoms with Gasteiger partial charge in [0.2, 0.25) is 0 Å². The number of ketones is 2. The van der Waals surface area contributed by atoms with Gasteiger partial charge in [-0.15, -0.1) is 0 Å². The number of benzene rings is 4. The topological polar surface area (TPSA) is 330 Å². The van der Waals surface area contributed by atoms with Crippen LogP contribution in [-0.2, 0) is 52.3 Å². The summed E-state index contributed by atoms with van der Waals surface area (Å²) in [5, 5.41) is 22.7. The first-order valence-electron chi connectivity index (χ1n) is 37.8. The second-order valence-corrected chi connectivity index (χ2v) is 34.7. The van der Waals surface area contributed by atoms with Crippen molar-refractivity contribution in [1.82, 2.24) is 29.3 Å². The fourth-order valence-electron chi connectivity index (χ4n) is 13.4. The molecule has 6 aromatic heterocycles. The lowest BCUT2D eigenvalue weighted by Gasteiger charge is -2.29. The summed E-state index contributed by atoms with van der Waals surface area (Å²) in [5.74, 6) is -4.62. The Kier molecular flexibility index (Phi) is 33.5. The van der Waals surface area contributed by atoms with Gasteiger partial charge in [-0.2, -0.15) is 4.79 Å². The number of hydrogen-bond donors (Lipinski definition) is 2. The Hall–Kier alpha value is -9.99. The number of nitrogens with zero attached hydrogens (tertiary/aromatic N) is 8. The van der Waals surface area contributed by atoms with E-state index in [1.54, 1.807) is 127 Å². The second-order valence-electron chi connectivity index (χ2n) is 31.9. The zero-order chi connectivity index (χ0) is 90.6. The molecule has 30 heteroatoms. The van der Waals surface area contributed by atoms with E-state index < -0.39 is 82.4 Å². The molecule has 0 aliphatic heterocycles. The molecule has 640 valence electrons. The second kappa shape index (κ2) is 41.3. The maximum absolute atomic E-state index is 12.7. The number of alkyl halides is 1. The lowest BCUT2D eigenvalue weighted by atomic mass is 9.89. The van der Waals surface area contributed by atoms with E-state index in [9.17, 15) is 43.8 Å². The van der Waals surface area contributed by atoms with Crippen molar-refractivity contribution in [3.63, 3.8) is 0 Å². The fraction of sp³-hybridized carbons (Fsp3) is 0.352. The molecule has 0 saturated carbocycles. The van der Waals surface area contributed by atoms with Gasteiger partial charge >= 0.3 is 36.1 Å². The van der Waals surface area contributed by atoms with Gasteiger partial charge in [0.15, 0.2) is 35.9 Å². The van der Waals surface area contributed by atoms with Crippen molar-refractivity contribution in [2.75, 3.05) is 26.7 Å². The first-order valence-corrected chi connectivity index (χ1v) is 40.9. The average molecular weight is 1820 g/mol. The molecule has 4 aromatic carbocycles. The minimum Gasteiger partial charge on any atom is -0.479 e. The summed E-state index contributed by atoms with van der Waals surface area (Å²) in [6.45, 7) is 36.1. The number of Topliss-reactive ketones (excluding diaryl/α,β-unsaturated/α-hetero) is 2. The zero-order valence-electron chi connectivity index (χ0n) is 71.6. The number of pyridine rings is 5. The molecule has 121 heavy (non-hydrogen) atoms. The largest absolute Gasteiger partial charge is 0.479 e. The molecular weight excluding hydrogens is 1720 g/mol. The predicted octanol–water partition coefficient (Wildman–Crippen LogP) is 21.8. The van der Waals surface area contributed by atoms with Crippen molar-refractivity contribution in [3.8, 4) is 55.9 Å². The number of halogens is 6. The molecule has 0 aliphatic rings. The van der Waals surface area contributed by atoms with Crippen molar-refractivity contribution < 1.29 is 81.7 Å². The van der Waals surface area contributed by atoms with Crippen LogP contribution in [0.15, 0.2) is 122 Å². The number of carboxylic acid groups (broad SMARTS) is 2. The lowest BCUT2D eigenvalue weighted by molar-refractivity contribution is -0.164. The molecule has 24 nitrogen and oxygen atoms in total. The predicted molar refractivity (Wildman–Crippen MR) is 473 cm³/mol. The van der Waals surface area contributed by atoms with Gasteiger partial charge in [-0.25, -0.2) is 43.9 Å². The summed E-state index contributed by atoms with van der Waals surface area (Å²) in [6, 6.07) is 32.1. The number of aliphatic carboxylic acids is 1. The van der Waals surface area contributed by atoms with E-state index in [-0.39, 0.29) is 22.5 Å². The molecule has 10 aromatic rings. The first kappa shape index (κ1) is 98.1. The summed E-state index contributed by atoms with van der Waals surface area (Å²) in [4.78, 5) is 112. The van der Waals surface area contributed by atoms with Crippen molar-refractivity contribution in [2.45, 2.75) is 185 Å². The molecule has 4 atom stereocenters. The van der Waals surface area contributed by atoms with Crippen LogP contribution in [0.25, 0.3) is 67.1 Å². The Morgan fingerprint density at radius 2 is 0.719 bits per heavy atom. The standard InChI is InChI=1S/C26H25Cl2N3O3.C22H25BrClNO4.C22H24ClN3O4.C21H24ClNO5/c1-14-21(16-6-8-17(27)9-7-16)22(24(25(32)33)34-26(3,4)5)15(2)29-23(14)19-13-31-12-18(28)10-11-20(31)30-19;1-12-17(14-7-9-15(24)10-8-14)18(13(2)25-19(12)16(26)11-23)20(21(27)28-6)29-22(3,4)5;1-12-17(14-7-9-15(23)10-8-14)18(13(2)26-19(12)16(27)11-25-24)20(21(28)29-6)30-22(3,4)5;1-11-15(13-7-9-14(22)10-8-13)16(12(2)23-17(11)19(24)25)18(20(26)27-6)28-21(3,4)5/h6-13,24H,1-5H3,(H,32,33);7-10,20H,11H2,1-6H3;7-11,20H,1-6H3;7-10,18H,1-6H3,(H,24,25)/t24-;2*20-;18-/m0000/s1. The van der Waals surface area contributed by atoms with E-state index in [4.69, 9.17) is 107 Å². The molecular formula is C91H98BrCl5N8O16. The molecule has 0 bridgehead atoms. The monoisotopic (exact) mass is 1810 g/mol. The molecule has 0 unspecified atom stereocenters. The highest BCUT2D eigenvalue weighted by atomic mass is 79.9. The lowest BCUT2D eigenvalue weighted by Crippen LogP contribution is -2.30. The number of ether oxygens (including phenoxy) is 7. The number of esters is 3. The highest BCUT2D eigenvalue weighted by Gasteiger charge is 2.39. The third-order valence-electron chi connectivity index (χ3n) is 18.3. The van der Waals surface area contributed by atoms with Crippen LogP contribution in [0.5, 0.6) is 0 Å². The number of carbonyl (C=O) groups excluding carboxylic acids is 5. The van der Waals surface area contributed by atoms with E-state index in [1.807, 2.05) is 138 Å². The first-order chi connectivity index (χ1) is 56.4. The Bertz CT molecular complexity index is 5600. The number of carbonyl (C=O) groups is 7. The summed E-state index contributed by atoms with van der Waals surface area (Å²) in [6.07, 6.45) is 0.0930. The van der Waals surface area contributed by atoms with Crippen LogP contribution in [0.3, 0.4) is 0 Å². The summed E-state index contributed by atoms with van der Waals surface area (Å²) in [5.41, 5.74) is 20.7. The van der Waals surface area contributed by atoms with Gasteiger partial charge < -0.3 is 53.3 Å². The van der Waals surface area contributed by atoms with E-state index in [0.717, 1.165) is 45.2 Å². The van der Waals surface area contributed by atoms with Gasteiger partial charge in [0, 0.05) is 77.5 Å². The van der Waals surface area contributed by atoms with Crippen LogP contribution < -0.4 is 0 Å². The number of hydrogen-bond acceptors (Lipinski definition) is 19. The van der Waals surface area contributed by atoms with E-state index in [0.29, 0.717) is 121 Å². The number of imidazole rings is 1. The highest BCUT2D eigenvalue weighted by molar-refractivity contribution is 9.09. The van der Waals surface area contributed by atoms with Crippen molar-refractivity contribution >= 4 is 127 Å². The van der Waals surface area contributed by atoms with Gasteiger partial charge in [0.1, 0.15) is 22.7 Å². The van der Waals surface area contributed by atoms with Gasteiger partial charge in [-0.3, -0.25) is 14.6 Å². The molecule has 0 spiro atoms. The zero-order valence-corrected chi connectivity index (χ0v) is 77.0. The molecule has 0 aliphatic carbocycles. The Morgan fingerprint density at radius 3 is 1.04 bits per heavy atom. The number of carboxylic acids is 2. The molecule has 0 saturated heterocycles. The van der Waals surface area contributed by atoms with E-state index in [2.05, 4.69) is 35.7 Å². The smallest absolute Gasteiger partial charge is 0.354 e. The minimum absolute atomic E-state index is 0.0782. The van der Waals surface area contributed by atoms with Crippen LogP contribution in [0.4, 0.5) is 0 Å². The van der Waals surface area contributed by atoms with Crippen LogP contribution >= 0.6 is 73.9 Å². The number of aromatic carboxylic acids is 1. The molecule has 0 radical (unpaired) electrons. The highest BCUT2D eigenvalue weighted by Crippen LogP contribution is 2.45. The fourth-order valence-corrected chi connectivity index (χ4v) is 14.3. The van der Waals surface area contributed by atoms with Crippen LogP contribution in [0.2, 0.25) is 25.1 Å². The van der Waals surface area contributed by atoms with Crippen molar-refractivity contribution in [3.05, 3.63) is 237 Å². The molecule has 6 heterocycles. The van der Waals surface area contributed by atoms with Gasteiger partial charge in [0.05, 0.1) is 59.8 Å². The molecule has 0 amide bonds. The molecule has 0 fully saturated rings. The van der Waals surface area contributed by atoms with Crippen LogP contribution in [0.1, 0.15) is 206 Å². The Labute approximate surface area is 737 Å². The number of methoxy groups -OCH3 is 3. The number of aromatic nitrogens is 6. The van der Waals surface area contributed by atoms with Crippen LogP contribution in [-0.4, -0.2) is 141 Å². The summed E-state index contributed by atoms with van der Waals surface area (Å²) < 4.78 is 41.0. The van der Waals surface area contributed by atoms with Gasteiger partial charge in [-0.1, -0.05) is 122 Å². The quantitative estimate of drug-likeness (QED) is 0.0121. The summed E-state index contributed by atoms with van der Waals surface area (Å²) in [7, 11) is 3.89. The Balaban J connectivity index is 0.000000223. The van der Waals surface area contributed by atoms with Crippen LogP contribution in [0, 0.1) is 55.4 Å². The van der Waals surface area contributed by atoms with E-state index >= 15 is 0 Å². The van der Waals surface area contributed by atoms with Crippen molar-refractivity contribution in [2.24, 2.45) is 0 Å². The molecule has 10 rings (SSSR count). The van der Waals surface area contributed by atoms with Gasteiger partial charge in [0.25, 0.3) is 5.78 Å².